The molecule has 0 spiro atoms. The van der Waals surface area contributed by atoms with Crippen molar-refractivity contribution in [3.8, 4) is 0 Å². The van der Waals surface area contributed by atoms with E-state index in [0.29, 0.717) is 0 Å². The summed E-state index contributed by atoms with van der Waals surface area (Å²) in [5.41, 5.74) is 1.58. The first kappa shape index (κ1) is 13.0. The van der Waals surface area contributed by atoms with Crippen molar-refractivity contribution < 1.29 is 8.60 Å². The second kappa shape index (κ2) is 4.87. The molecule has 1 rings (SSSR count). The summed E-state index contributed by atoms with van der Waals surface area (Å²) >= 11 is 0. The molecule has 0 saturated heterocycles. The highest BCUT2D eigenvalue weighted by molar-refractivity contribution is 7.85. The maximum Gasteiger partial charge on any atom is 0.144 e. The number of hydrogen-bond acceptors (Lipinski definition) is 1. The van der Waals surface area contributed by atoms with Crippen LogP contribution in [0.3, 0.4) is 0 Å². The van der Waals surface area contributed by atoms with Crippen molar-refractivity contribution in [3.63, 3.8) is 0 Å². The molecule has 0 aromatic heterocycles. The fourth-order valence-corrected chi connectivity index (χ4v) is 1.57. The Bertz CT molecular complexity index is 435. The van der Waals surface area contributed by atoms with Crippen LogP contribution in [0.25, 0.3) is 0 Å². The average Bonchev–Trinajstić information content (AvgIpc) is 2.14. The van der Waals surface area contributed by atoms with Crippen LogP contribution in [0, 0.1) is 12.7 Å². The molecule has 0 bridgehead atoms. The molecule has 0 aliphatic heterocycles. The Hall–Kier alpha value is -1.03. The Morgan fingerprint density at radius 3 is 2.50 bits per heavy atom. The van der Waals surface area contributed by atoms with Gasteiger partial charge >= 0.3 is 0 Å². The minimum atomic E-state index is -1.28. The molecular formula is C12H16FNOS. The Morgan fingerprint density at radius 1 is 1.38 bits per heavy atom. The molecule has 0 unspecified atom stereocenters. The SMILES string of the molecule is Cc1cc(F)ccc1C=N[S@@](=O)C(C)(C)C. The predicted molar refractivity (Wildman–Crippen MR) is 66.6 cm³/mol. The van der Waals surface area contributed by atoms with Crippen molar-refractivity contribution in [2.24, 2.45) is 4.40 Å². The molecule has 16 heavy (non-hydrogen) atoms. The first-order chi connectivity index (χ1) is 7.30. The summed E-state index contributed by atoms with van der Waals surface area (Å²) in [7, 11) is -1.28. The summed E-state index contributed by atoms with van der Waals surface area (Å²) in [4.78, 5) is 0. The summed E-state index contributed by atoms with van der Waals surface area (Å²) < 4.78 is 28.1. The lowest BCUT2D eigenvalue weighted by molar-refractivity contribution is 0.626. The summed E-state index contributed by atoms with van der Waals surface area (Å²) in [6, 6.07) is 4.43. The zero-order valence-electron chi connectivity index (χ0n) is 9.95. The van der Waals surface area contributed by atoms with Crippen molar-refractivity contribution in [1.82, 2.24) is 0 Å². The number of rotatable bonds is 2. The van der Waals surface area contributed by atoms with Crippen LogP contribution in [0.4, 0.5) is 4.39 Å². The fourth-order valence-electron chi connectivity index (χ4n) is 1.05. The first-order valence-corrected chi connectivity index (χ1v) is 6.13. The monoisotopic (exact) mass is 241 g/mol. The van der Waals surface area contributed by atoms with Crippen molar-refractivity contribution in [1.29, 1.82) is 0 Å². The maximum atomic E-state index is 12.8. The lowest BCUT2D eigenvalue weighted by Crippen LogP contribution is -2.19. The average molecular weight is 241 g/mol. The van der Waals surface area contributed by atoms with Crippen LogP contribution in [0.1, 0.15) is 31.9 Å². The third kappa shape index (κ3) is 3.52. The Morgan fingerprint density at radius 2 is 2.00 bits per heavy atom. The summed E-state index contributed by atoms with van der Waals surface area (Å²) in [6.45, 7) is 7.37. The number of nitrogens with zero attached hydrogens (tertiary/aromatic N) is 1. The largest absolute Gasteiger partial charge is 0.234 e. The van der Waals surface area contributed by atoms with Gasteiger partial charge in [-0.15, -0.1) is 0 Å². The van der Waals surface area contributed by atoms with E-state index in [1.165, 1.54) is 18.3 Å². The van der Waals surface area contributed by atoms with Crippen LogP contribution in [0.5, 0.6) is 0 Å². The molecule has 4 heteroatoms. The third-order valence-electron chi connectivity index (χ3n) is 2.04. The van der Waals surface area contributed by atoms with Crippen molar-refractivity contribution in [3.05, 3.63) is 35.1 Å². The number of hydrogen-bond donors (Lipinski definition) is 0. The van der Waals surface area contributed by atoms with E-state index < -0.39 is 11.0 Å². The highest BCUT2D eigenvalue weighted by Gasteiger charge is 2.18. The van der Waals surface area contributed by atoms with Gasteiger partial charge in [0.25, 0.3) is 0 Å². The van der Waals surface area contributed by atoms with Gasteiger partial charge in [-0.05, 0) is 51.0 Å². The minimum absolute atomic E-state index is 0.272. The number of halogens is 1. The van der Waals surface area contributed by atoms with E-state index >= 15 is 0 Å². The molecule has 0 amide bonds. The van der Waals surface area contributed by atoms with E-state index in [0.717, 1.165) is 11.1 Å². The predicted octanol–water partition coefficient (Wildman–Crippen LogP) is 3.02. The van der Waals surface area contributed by atoms with Gasteiger partial charge in [0, 0.05) is 6.21 Å². The van der Waals surface area contributed by atoms with Gasteiger partial charge in [0.1, 0.15) is 16.8 Å². The van der Waals surface area contributed by atoms with Crippen molar-refractivity contribution >= 4 is 17.2 Å². The van der Waals surface area contributed by atoms with Crippen LogP contribution >= 0.6 is 0 Å². The molecule has 1 atom stereocenters. The van der Waals surface area contributed by atoms with Gasteiger partial charge < -0.3 is 0 Å². The molecule has 0 radical (unpaired) electrons. The summed E-state index contributed by atoms with van der Waals surface area (Å²) in [5.74, 6) is -0.272. The molecule has 2 nitrogen and oxygen atoms in total. The topological polar surface area (TPSA) is 29.4 Å². The minimum Gasteiger partial charge on any atom is -0.234 e. The molecule has 1 aromatic carbocycles. The molecule has 0 heterocycles. The van der Waals surface area contributed by atoms with Gasteiger partial charge in [0.15, 0.2) is 0 Å². The quantitative estimate of drug-likeness (QED) is 0.732. The lowest BCUT2D eigenvalue weighted by Gasteiger charge is -2.12. The van der Waals surface area contributed by atoms with Gasteiger partial charge in [-0.1, -0.05) is 6.07 Å². The lowest BCUT2D eigenvalue weighted by atomic mass is 10.1. The van der Waals surface area contributed by atoms with Gasteiger partial charge in [-0.25, -0.2) is 8.60 Å². The Balaban J connectivity index is 2.89. The molecule has 1 aromatic rings. The fraction of sp³-hybridized carbons (Fsp3) is 0.417. The van der Waals surface area contributed by atoms with E-state index in [-0.39, 0.29) is 10.6 Å². The molecule has 0 N–H and O–H groups in total. The van der Waals surface area contributed by atoms with Crippen LogP contribution in [0.15, 0.2) is 22.6 Å². The van der Waals surface area contributed by atoms with E-state index in [9.17, 15) is 8.60 Å². The standard InChI is InChI=1S/C12H16FNOS/c1-9-7-11(13)6-5-10(9)8-14-16(15)12(2,3)4/h5-8H,1-4H3/t16-/m0/s1. The van der Waals surface area contributed by atoms with Gasteiger partial charge in [-0.2, -0.15) is 4.40 Å². The van der Waals surface area contributed by atoms with Crippen LogP contribution in [-0.2, 0) is 11.0 Å². The van der Waals surface area contributed by atoms with Crippen LogP contribution < -0.4 is 0 Å². The molecule has 88 valence electrons. The zero-order valence-corrected chi connectivity index (χ0v) is 10.8. The third-order valence-corrected chi connectivity index (χ3v) is 3.39. The summed E-state index contributed by atoms with van der Waals surface area (Å²) in [5, 5.41) is 0. The molecular weight excluding hydrogens is 225 g/mol. The van der Waals surface area contributed by atoms with Gasteiger partial charge in [-0.3, -0.25) is 0 Å². The van der Waals surface area contributed by atoms with Crippen LogP contribution in [0.2, 0.25) is 0 Å². The van der Waals surface area contributed by atoms with Crippen molar-refractivity contribution in [2.45, 2.75) is 32.4 Å². The number of aryl methyl sites for hydroxylation is 1. The van der Waals surface area contributed by atoms with E-state index in [4.69, 9.17) is 0 Å². The molecule has 0 fully saturated rings. The highest BCUT2D eigenvalue weighted by atomic mass is 32.2. The van der Waals surface area contributed by atoms with Gasteiger partial charge in [0.05, 0.1) is 4.75 Å². The first-order valence-electron chi connectivity index (χ1n) is 5.03. The zero-order chi connectivity index (χ0) is 12.3. The molecule has 0 saturated carbocycles. The number of benzene rings is 1. The smallest absolute Gasteiger partial charge is 0.144 e. The molecule has 0 aliphatic rings. The molecule has 0 aliphatic carbocycles. The normalized spacial score (nSPS) is 14.3. The van der Waals surface area contributed by atoms with E-state index in [1.54, 1.807) is 13.0 Å². The Kier molecular flexibility index (Phi) is 3.97. The van der Waals surface area contributed by atoms with E-state index in [1.807, 2.05) is 20.8 Å². The second-order valence-corrected chi connectivity index (χ2v) is 6.53. The van der Waals surface area contributed by atoms with Crippen molar-refractivity contribution in [2.75, 3.05) is 0 Å². The highest BCUT2D eigenvalue weighted by Crippen LogP contribution is 2.13. The summed E-state index contributed by atoms with van der Waals surface area (Å²) in [6.07, 6.45) is 1.54. The van der Waals surface area contributed by atoms with Gasteiger partial charge in [0.2, 0.25) is 0 Å². The second-order valence-electron chi connectivity index (χ2n) is 4.60. The Labute approximate surface area is 98.2 Å². The maximum absolute atomic E-state index is 12.8. The van der Waals surface area contributed by atoms with Crippen LogP contribution in [-0.4, -0.2) is 15.2 Å². The van der Waals surface area contributed by atoms with E-state index in [2.05, 4.69) is 4.40 Å².